The molecular weight excluding hydrogens is 300 g/mol. The molecule has 0 aromatic carbocycles. The topological polar surface area (TPSA) is 0 Å². The van der Waals surface area contributed by atoms with Crippen molar-refractivity contribution in [2.75, 3.05) is 0 Å². The Morgan fingerprint density at radius 3 is 2.48 bits per heavy atom. The van der Waals surface area contributed by atoms with Gasteiger partial charge in [-0.3, -0.25) is 0 Å². The highest BCUT2D eigenvalue weighted by Gasteiger charge is 2.44. The van der Waals surface area contributed by atoms with Gasteiger partial charge >= 0.3 is 0 Å². The van der Waals surface area contributed by atoms with E-state index in [0.29, 0.717) is 5.41 Å². The second kappa shape index (κ2) is 7.45. The van der Waals surface area contributed by atoms with Gasteiger partial charge in [0.1, 0.15) is 0 Å². The molecule has 0 N–H and O–H groups in total. The molecule has 0 aromatic rings. The van der Waals surface area contributed by atoms with E-state index in [1.165, 1.54) is 51.4 Å². The van der Waals surface area contributed by atoms with Crippen molar-refractivity contribution in [3.05, 3.63) is 34.4 Å². The molecule has 0 heteroatoms. The molecule has 1 saturated carbocycles. The first kappa shape index (κ1) is 19.0. The van der Waals surface area contributed by atoms with Crippen LogP contribution in [0.5, 0.6) is 0 Å². The van der Waals surface area contributed by atoms with Crippen LogP contribution in [-0.4, -0.2) is 0 Å². The standard InChI is InChI=1S/C25H40/c1-17(2)21-14-16-25(6)15-13-18(3)7-10-22-19(4)8-11-23(22)20(5)9-12-24(21)25/h9,13,17,21,23-24H,7-8,10-12,14-16H2,1-6H3/t21-,23-,24-,25-/m0/s1. The van der Waals surface area contributed by atoms with Crippen LogP contribution in [-0.2, 0) is 0 Å². The van der Waals surface area contributed by atoms with Gasteiger partial charge in [-0.2, -0.15) is 0 Å². The Morgan fingerprint density at radius 1 is 1.00 bits per heavy atom. The lowest BCUT2D eigenvalue weighted by molar-refractivity contribution is 0.170. The molecule has 0 heterocycles. The fourth-order valence-electron chi connectivity index (χ4n) is 6.09. The van der Waals surface area contributed by atoms with Crippen LogP contribution in [0.1, 0.15) is 92.9 Å². The summed E-state index contributed by atoms with van der Waals surface area (Å²) in [6.45, 7) is 14.7. The van der Waals surface area contributed by atoms with Crippen molar-refractivity contribution in [3.63, 3.8) is 0 Å². The first-order chi connectivity index (χ1) is 11.8. The van der Waals surface area contributed by atoms with Crippen LogP contribution in [0.3, 0.4) is 0 Å². The lowest BCUT2D eigenvalue weighted by Crippen LogP contribution is -2.27. The van der Waals surface area contributed by atoms with Crippen LogP contribution >= 0.6 is 0 Å². The molecule has 3 aliphatic rings. The zero-order valence-corrected chi connectivity index (χ0v) is 17.6. The molecule has 3 aliphatic carbocycles. The molecule has 25 heavy (non-hydrogen) atoms. The SMILES string of the molecule is CC1=CC[C@@]2(C)CC[C@@H](C(C)C)[C@@H]2CC=C(C)[C@@H]2CCC(C)=C2CC1. The van der Waals surface area contributed by atoms with Gasteiger partial charge in [0.05, 0.1) is 0 Å². The van der Waals surface area contributed by atoms with Crippen LogP contribution in [0.15, 0.2) is 34.4 Å². The smallest absolute Gasteiger partial charge is 0.000988 e. The van der Waals surface area contributed by atoms with Crippen LogP contribution in [0.4, 0.5) is 0 Å². The van der Waals surface area contributed by atoms with E-state index in [2.05, 4.69) is 53.7 Å². The van der Waals surface area contributed by atoms with Gasteiger partial charge in [0.2, 0.25) is 0 Å². The quantitative estimate of drug-likeness (QED) is 0.426. The Labute approximate surface area is 156 Å². The number of hydrogen-bond acceptors (Lipinski definition) is 0. The third-order valence-corrected chi connectivity index (χ3v) is 8.04. The summed E-state index contributed by atoms with van der Waals surface area (Å²) in [6, 6.07) is 0. The Hall–Kier alpha value is -0.780. The summed E-state index contributed by atoms with van der Waals surface area (Å²) in [7, 11) is 0. The lowest BCUT2D eigenvalue weighted by atomic mass is 9.70. The van der Waals surface area contributed by atoms with Crippen molar-refractivity contribution in [3.8, 4) is 0 Å². The molecule has 0 amide bonds. The molecule has 4 atom stereocenters. The van der Waals surface area contributed by atoms with Crippen molar-refractivity contribution in [2.45, 2.75) is 92.9 Å². The van der Waals surface area contributed by atoms with Gasteiger partial charge in [-0.25, -0.2) is 0 Å². The van der Waals surface area contributed by atoms with E-state index in [1.807, 2.05) is 0 Å². The van der Waals surface area contributed by atoms with Crippen molar-refractivity contribution in [2.24, 2.45) is 29.1 Å². The van der Waals surface area contributed by atoms with Crippen molar-refractivity contribution in [1.82, 2.24) is 0 Å². The summed E-state index contributed by atoms with van der Waals surface area (Å²) in [5, 5.41) is 0. The largest absolute Gasteiger partial charge is 0.0850 e. The van der Waals surface area contributed by atoms with Crippen LogP contribution in [0.25, 0.3) is 0 Å². The van der Waals surface area contributed by atoms with Gasteiger partial charge in [-0.05, 0) is 95.3 Å². The Bertz CT molecular complexity index is 585. The number of fused-ring (bicyclic) bond motifs is 2. The van der Waals surface area contributed by atoms with Gasteiger partial charge in [0.15, 0.2) is 0 Å². The lowest BCUT2D eigenvalue weighted by Gasteiger charge is -2.35. The summed E-state index contributed by atoms with van der Waals surface area (Å²) in [5.74, 6) is 3.34. The van der Waals surface area contributed by atoms with E-state index in [1.54, 1.807) is 22.3 Å². The Balaban J connectivity index is 1.93. The van der Waals surface area contributed by atoms with E-state index in [9.17, 15) is 0 Å². The predicted octanol–water partition coefficient (Wildman–Crippen LogP) is 7.87. The third-order valence-electron chi connectivity index (χ3n) is 8.04. The van der Waals surface area contributed by atoms with Crippen molar-refractivity contribution in [1.29, 1.82) is 0 Å². The molecule has 1 fully saturated rings. The monoisotopic (exact) mass is 340 g/mol. The average molecular weight is 341 g/mol. The third kappa shape index (κ3) is 3.83. The van der Waals surface area contributed by atoms with E-state index in [-0.39, 0.29) is 0 Å². The summed E-state index contributed by atoms with van der Waals surface area (Å²) in [6.07, 6.45) is 16.0. The highest BCUT2D eigenvalue weighted by molar-refractivity contribution is 5.30. The second-order valence-electron chi connectivity index (χ2n) is 10.0. The molecule has 0 nitrogen and oxygen atoms in total. The number of hydrogen-bond donors (Lipinski definition) is 0. The zero-order chi connectivity index (χ0) is 18.2. The van der Waals surface area contributed by atoms with Gasteiger partial charge in [-0.15, -0.1) is 0 Å². The summed E-state index contributed by atoms with van der Waals surface area (Å²) in [5.41, 5.74) is 7.27. The van der Waals surface area contributed by atoms with Crippen LogP contribution in [0, 0.1) is 29.1 Å². The number of rotatable bonds is 1. The normalized spacial score (nSPS) is 37.2. The van der Waals surface area contributed by atoms with E-state index >= 15 is 0 Å². The van der Waals surface area contributed by atoms with Gasteiger partial charge < -0.3 is 0 Å². The molecule has 3 rings (SSSR count). The maximum Gasteiger partial charge on any atom is 0.000988 e. The highest BCUT2D eigenvalue weighted by atomic mass is 14.5. The minimum absolute atomic E-state index is 0.510. The highest BCUT2D eigenvalue weighted by Crippen LogP contribution is 2.54. The second-order valence-corrected chi connectivity index (χ2v) is 10.0. The maximum atomic E-state index is 2.66. The predicted molar refractivity (Wildman–Crippen MR) is 111 cm³/mol. The van der Waals surface area contributed by atoms with Gasteiger partial charge in [0.25, 0.3) is 0 Å². The summed E-state index contributed by atoms with van der Waals surface area (Å²) in [4.78, 5) is 0. The van der Waals surface area contributed by atoms with Crippen molar-refractivity contribution < 1.29 is 0 Å². The first-order valence-electron chi connectivity index (χ1n) is 10.8. The summed E-state index contributed by atoms with van der Waals surface area (Å²) >= 11 is 0. The molecule has 0 aliphatic heterocycles. The fourth-order valence-corrected chi connectivity index (χ4v) is 6.09. The van der Waals surface area contributed by atoms with Gasteiger partial charge in [-0.1, -0.05) is 55.2 Å². The molecule has 0 radical (unpaired) electrons. The van der Waals surface area contributed by atoms with E-state index in [4.69, 9.17) is 0 Å². The maximum absolute atomic E-state index is 2.66. The molecular formula is C25H40. The van der Waals surface area contributed by atoms with E-state index in [0.717, 1.165) is 23.7 Å². The van der Waals surface area contributed by atoms with E-state index < -0.39 is 0 Å². The molecule has 140 valence electrons. The first-order valence-corrected chi connectivity index (χ1v) is 10.8. The van der Waals surface area contributed by atoms with Crippen molar-refractivity contribution >= 4 is 0 Å². The fraction of sp³-hybridized carbons (Fsp3) is 0.760. The molecule has 0 aromatic heterocycles. The Kier molecular flexibility index (Phi) is 5.66. The van der Waals surface area contributed by atoms with Gasteiger partial charge in [0, 0.05) is 5.92 Å². The summed E-state index contributed by atoms with van der Waals surface area (Å²) < 4.78 is 0. The van der Waals surface area contributed by atoms with Crippen LogP contribution in [0.2, 0.25) is 0 Å². The minimum Gasteiger partial charge on any atom is -0.0850 e. The van der Waals surface area contributed by atoms with Crippen LogP contribution < -0.4 is 0 Å². The molecule has 0 unspecified atom stereocenters. The zero-order valence-electron chi connectivity index (χ0n) is 17.6. The average Bonchev–Trinajstić information content (AvgIpc) is 3.09. The molecule has 0 spiro atoms. The Morgan fingerprint density at radius 2 is 1.76 bits per heavy atom. The minimum atomic E-state index is 0.510. The molecule has 0 bridgehead atoms. The molecule has 0 saturated heterocycles. The number of allylic oxidation sites excluding steroid dienone is 6.